The molecule has 1 aromatic heterocycles. The van der Waals surface area contributed by atoms with Gasteiger partial charge in [0, 0.05) is 46.3 Å². The van der Waals surface area contributed by atoms with E-state index in [9.17, 15) is 9.18 Å². The Morgan fingerprint density at radius 3 is 2.82 bits per heavy atom. The zero-order valence-corrected chi connectivity index (χ0v) is 16.5. The monoisotopic (exact) mass is 403 g/mol. The second-order valence-electron chi connectivity index (χ2n) is 6.56. The van der Waals surface area contributed by atoms with Crippen LogP contribution in [-0.2, 0) is 11.2 Å². The lowest BCUT2D eigenvalue weighted by Crippen LogP contribution is -2.10. The number of ether oxygens (including phenoxy) is 2. The third-order valence-electron chi connectivity index (χ3n) is 4.45. The molecule has 0 unspecified atom stereocenters. The van der Waals surface area contributed by atoms with Gasteiger partial charge in [-0.1, -0.05) is 31.0 Å². The second-order valence-corrected chi connectivity index (χ2v) is 7.00. The highest BCUT2D eigenvalue weighted by atomic mass is 35.5. The van der Waals surface area contributed by atoms with Crippen molar-refractivity contribution in [3.05, 3.63) is 64.6 Å². The van der Waals surface area contributed by atoms with Crippen molar-refractivity contribution in [2.24, 2.45) is 0 Å². The summed E-state index contributed by atoms with van der Waals surface area (Å²) in [6.45, 7) is 3.69. The molecule has 0 saturated heterocycles. The van der Waals surface area contributed by atoms with Crippen molar-refractivity contribution in [3.63, 3.8) is 0 Å². The van der Waals surface area contributed by atoms with Crippen LogP contribution in [0.3, 0.4) is 0 Å². The summed E-state index contributed by atoms with van der Waals surface area (Å²) in [6.07, 6.45) is 3.88. The molecule has 0 amide bonds. The largest absolute Gasteiger partial charge is 0.491 e. The molecule has 0 atom stereocenters. The second kappa shape index (κ2) is 9.71. The number of carbonyl (C=O) groups excluding carboxylic acids is 1. The van der Waals surface area contributed by atoms with Crippen LogP contribution in [0.25, 0.3) is 10.9 Å². The summed E-state index contributed by atoms with van der Waals surface area (Å²) < 4.78 is 24.7. The molecule has 1 heterocycles. The highest BCUT2D eigenvalue weighted by Gasteiger charge is 2.16. The zero-order valence-electron chi connectivity index (χ0n) is 15.8. The summed E-state index contributed by atoms with van der Waals surface area (Å²) in [5.41, 5.74) is 1.87. The number of unbranched alkanes of at least 4 members (excludes halogenated alkanes) is 1. The number of hydrogen-bond donors (Lipinski definition) is 1. The summed E-state index contributed by atoms with van der Waals surface area (Å²) in [7, 11) is 0. The number of aromatic nitrogens is 1. The van der Waals surface area contributed by atoms with Crippen molar-refractivity contribution in [2.75, 3.05) is 19.8 Å². The first-order valence-corrected chi connectivity index (χ1v) is 9.75. The van der Waals surface area contributed by atoms with Crippen LogP contribution >= 0.6 is 11.6 Å². The predicted molar refractivity (Wildman–Crippen MR) is 109 cm³/mol. The minimum atomic E-state index is -0.345. The maximum Gasteiger partial charge on any atom is 0.169 e. The van der Waals surface area contributed by atoms with Gasteiger partial charge in [0.15, 0.2) is 5.78 Å². The van der Waals surface area contributed by atoms with E-state index in [0.717, 1.165) is 18.4 Å². The maximum absolute atomic E-state index is 13.4. The van der Waals surface area contributed by atoms with Gasteiger partial charge in [0.1, 0.15) is 18.2 Å². The number of rotatable bonds is 10. The lowest BCUT2D eigenvalue weighted by molar-refractivity contribution is 0.0964. The van der Waals surface area contributed by atoms with Gasteiger partial charge in [-0.2, -0.15) is 0 Å². The smallest absolute Gasteiger partial charge is 0.169 e. The van der Waals surface area contributed by atoms with E-state index in [1.165, 1.54) is 12.1 Å². The molecular weight excluding hydrogens is 381 g/mol. The third kappa shape index (κ3) is 5.12. The summed E-state index contributed by atoms with van der Waals surface area (Å²) in [5, 5.41) is 1.24. The molecule has 0 spiro atoms. The topological polar surface area (TPSA) is 51.3 Å². The Bertz CT molecular complexity index is 954. The van der Waals surface area contributed by atoms with E-state index >= 15 is 0 Å². The molecule has 6 heteroatoms. The predicted octanol–water partition coefficient (Wildman–Crippen LogP) is 5.58. The summed E-state index contributed by atoms with van der Waals surface area (Å²) in [5.74, 6) is 0.151. The molecule has 3 rings (SSSR count). The van der Waals surface area contributed by atoms with Gasteiger partial charge in [-0.05, 0) is 36.8 Å². The minimum Gasteiger partial charge on any atom is -0.491 e. The number of H-pyrrole nitrogens is 1. The number of fused-ring (bicyclic) bond motifs is 1. The molecule has 28 heavy (non-hydrogen) atoms. The Labute approximate surface area is 168 Å². The lowest BCUT2D eigenvalue weighted by Gasteiger charge is -2.12. The molecule has 0 radical (unpaired) electrons. The van der Waals surface area contributed by atoms with Gasteiger partial charge in [-0.25, -0.2) is 4.39 Å². The molecule has 3 aromatic rings. The van der Waals surface area contributed by atoms with Gasteiger partial charge >= 0.3 is 0 Å². The fourth-order valence-corrected chi connectivity index (χ4v) is 3.13. The van der Waals surface area contributed by atoms with E-state index in [1.807, 2.05) is 0 Å². The molecule has 0 aliphatic heterocycles. The highest BCUT2D eigenvalue weighted by Crippen LogP contribution is 2.27. The van der Waals surface area contributed by atoms with Crippen LogP contribution in [-0.4, -0.2) is 30.6 Å². The number of halogens is 2. The van der Waals surface area contributed by atoms with E-state index < -0.39 is 0 Å². The molecule has 2 aromatic carbocycles. The SMILES string of the molecule is CCCCOCCOc1cc(Cl)ccc1CC(=O)c1c[nH]c2cc(F)ccc12. The molecule has 148 valence electrons. The van der Waals surface area contributed by atoms with Crippen molar-refractivity contribution in [3.8, 4) is 5.75 Å². The Kier molecular flexibility index (Phi) is 7.06. The van der Waals surface area contributed by atoms with Crippen LogP contribution in [0.2, 0.25) is 5.02 Å². The molecule has 1 N–H and O–H groups in total. The van der Waals surface area contributed by atoms with Crippen LogP contribution in [0.15, 0.2) is 42.6 Å². The average molecular weight is 404 g/mol. The highest BCUT2D eigenvalue weighted by molar-refractivity contribution is 6.30. The molecule has 0 fully saturated rings. The minimum absolute atomic E-state index is 0.0794. The number of carbonyl (C=O) groups is 1. The van der Waals surface area contributed by atoms with Gasteiger partial charge in [-0.3, -0.25) is 4.79 Å². The molecule has 4 nitrogen and oxygen atoms in total. The Morgan fingerprint density at radius 1 is 1.14 bits per heavy atom. The number of ketones is 1. The number of Topliss-reactive ketones (excluding diaryl/α,β-unsaturated/α-hetero) is 1. The Hall–Kier alpha value is -2.37. The third-order valence-corrected chi connectivity index (χ3v) is 4.69. The van der Waals surface area contributed by atoms with Gasteiger partial charge in [-0.15, -0.1) is 0 Å². The fraction of sp³-hybridized carbons (Fsp3) is 0.318. The van der Waals surface area contributed by atoms with Gasteiger partial charge in [0.05, 0.1) is 6.61 Å². The van der Waals surface area contributed by atoms with Crippen molar-refractivity contribution in [1.29, 1.82) is 0 Å². The maximum atomic E-state index is 13.4. The van der Waals surface area contributed by atoms with Gasteiger partial charge in [0.25, 0.3) is 0 Å². The van der Waals surface area contributed by atoms with Gasteiger partial charge in [0.2, 0.25) is 0 Å². The van der Waals surface area contributed by atoms with Crippen molar-refractivity contribution in [2.45, 2.75) is 26.2 Å². The fourth-order valence-electron chi connectivity index (χ4n) is 2.97. The quantitative estimate of drug-likeness (QED) is 0.355. The van der Waals surface area contributed by atoms with E-state index in [1.54, 1.807) is 30.5 Å². The standard InChI is InChI=1S/C22H23ClFNO3/c1-2-3-8-27-9-10-28-22-12-16(23)5-4-15(22)11-21(26)19-14-25-20-13-17(24)6-7-18(19)20/h4-7,12-14,25H,2-3,8-11H2,1H3. The average Bonchev–Trinajstić information content (AvgIpc) is 3.09. The first-order chi connectivity index (χ1) is 13.6. The van der Waals surface area contributed by atoms with Crippen molar-refractivity contribution in [1.82, 2.24) is 4.98 Å². The Morgan fingerprint density at radius 2 is 2.00 bits per heavy atom. The Balaban J connectivity index is 1.69. The van der Waals surface area contributed by atoms with Crippen LogP contribution in [0, 0.1) is 5.82 Å². The lowest BCUT2D eigenvalue weighted by atomic mass is 10.0. The van der Waals surface area contributed by atoms with Crippen molar-refractivity contribution >= 4 is 28.3 Å². The van der Waals surface area contributed by atoms with E-state index in [0.29, 0.717) is 47.1 Å². The molecule has 0 saturated carbocycles. The summed E-state index contributed by atoms with van der Waals surface area (Å²) >= 11 is 6.09. The van der Waals surface area contributed by atoms with Crippen LogP contribution in [0.1, 0.15) is 35.7 Å². The first-order valence-electron chi connectivity index (χ1n) is 9.37. The van der Waals surface area contributed by atoms with Crippen LogP contribution in [0.4, 0.5) is 4.39 Å². The first kappa shape index (κ1) is 20.4. The number of aromatic amines is 1. The van der Waals surface area contributed by atoms with Crippen molar-refractivity contribution < 1.29 is 18.7 Å². The van der Waals surface area contributed by atoms with Crippen LogP contribution < -0.4 is 4.74 Å². The normalized spacial score (nSPS) is 11.1. The molecular formula is C22H23ClFNO3. The molecule has 0 bridgehead atoms. The number of nitrogens with one attached hydrogen (secondary N) is 1. The zero-order chi connectivity index (χ0) is 19.9. The van der Waals surface area contributed by atoms with E-state index in [4.69, 9.17) is 21.1 Å². The van der Waals surface area contributed by atoms with E-state index in [2.05, 4.69) is 11.9 Å². The molecule has 0 aliphatic carbocycles. The summed E-state index contributed by atoms with van der Waals surface area (Å²) in [6, 6.07) is 9.58. The number of benzene rings is 2. The molecule has 0 aliphatic rings. The van der Waals surface area contributed by atoms with Crippen LogP contribution in [0.5, 0.6) is 5.75 Å². The summed E-state index contributed by atoms with van der Waals surface area (Å²) in [4.78, 5) is 15.8. The van der Waals surface area contributed by atoms with E-state index in [-0.39, 0.29) is 18.0 Å². The van der Waals surface area contributed by atoms with Gasteiger partial charge < -0.3 is 14.5 Å². The number of hydrogen-bond acceptors (Lipinski definition) is 3.